The molecule has 0 radical (unpaired) electrons. The van der Waals surface area contributed by atoms with Crippen LogP contribution in [0.15, 0.2) is 12.4 Å². The summed E-state index contributed by atoms with van der Waals surface area (Å²) in [4.78, 5) is 10.4. The fraction of sp³-hybridized carbons (Fsp3) is 0.500. The van der Waals surface area contributed by atoms with Crippen molar-refractivity contribution in [3.05, 3.63) is 18.0 Å². The summed E-state index contributed by atoms with van der Waals surface area (Å²) in [6, 6.07) is 0. The number of nitrogens with one attached hydrogen (secondary N) is 1. The molecule has 0 fully saturated rings. The van der Waals surface area contributed by atoms with Crippen LogP contribution in [0.4, 0.5) is 0 Å². The molecular formula is C8H14N4O2. The topological polar surface area (TPSA) is 93.2 Å². The van der Waals surface area contributed by atoms with E-state index in [1.54, 1.807) is 10.9 Å². The number of amides is 1. The van der Waals surface area contributed by atoms with E-state index in [-0.39, 0.29) is 19.1 Å². The van der Waals surface area contributed by atoms with Gasteiger partial charge in [-0.1, -0.05) is 0 Å². The van der Waals surface area contributed by atoms with E-state index in [1.165, 1.54) is 0 Å². The van der Waals surface area contributed by atoms with Gasteiger partial charge in [0.25, 0.3) is 0 Å². The van der Waals surface area contributed by atoms with E-state index in [2.05, 4.69) is 10.4 Å². The highest BCUT2D eigenvalue weighted by Crippen LogP contribution is 1.96. The molecule has 0 saturated carbocycles. The molecule has 0 aromatic carbocycles. The molecule has 1 aromatic heterocycles. The highest BCUT2D eigenvalue weighted by Gasteiger charge is 1.98. The minimum Gasteiger partial charge on any atom is -0.394 e. The Morgan fingerprint density at radius 3 is 3.14 bits per heavy atom. The number of rotatable bonds is 6. The molecule has 0 atom stereocenters. The Morgan fingerprint density at radius 1 is 1.71 bits per heavy atom. The molecule has 1 rings (SSSR count). The van der Waals surface area contributed by atoms with Gasteiger partial charge >= 0.3 is 0 Å². The maximum absolute atomic E-state index is 10.4. The summed E-state index contributed by atoms with van der Waals surface area (Å²) in [5, 5.41) is 15.5. The average molecular weight is 198 g/mol. The maximum atomic E-state index is 10.4. The fourth-order valence-corrected chi connectivity index (χ4v) is 1.05. The van der Waals surface area contributed by atoms with E-state index in [0.717, 1.165) is 5.56 Å². The highest BCUT2D eigenvalue weighted by molar-refractivity contribution is 5.75. The molecule has 0 aliphatic heterocycles. The average Bonchev–Trinajstić information content (AvgIpc) is 2.53. The van der Waals surface area contributed by atoms with Crippen LogP contribution in [0.2, 0.25) is 0 Å². The number of hydrogen-bond acceptors (Lipinski definition) is 4. The number of carbonyl (C=O) groups is 1. The molecule has 78 valence electrons. The molecule has 6 nitrogen and oxygen atoms in total. The Morgan fingerprint density at radius 2 is 2.50 bits per heavy atom. The second kappa shape index (κ2) is 5.36. The third kappa shape index (κ3) is 3.55. The molecule has 0 unspecified atom stereocenters. The van der Waals surface area contributed by atoms with E-state index in [1.807, 2.05) is 6.20 Å². The van der Waals surface area contributed by atoms with Gasteiger partial charge in [-0.05, 0) is 0 Å². The molecule has 0 spiro atoms. The first kappa shape index (κ1) is 10.7. The lowest BCUT2D eigenvalue weighted by atomic mass is 10.3. The first-order valence-corrected chi connectivity index (χ1v) is 4.33. The standard InChI is InChI=1S/C8H14N4O2/c9-8(14)5-10-3-7-4-11-12(6-7)1-2-13/h4,6,10,13H,1-3,5H2,(H2,9,14). The summed E-state index contributed by atoms with van der Waals surface area (Å²) >= 11 is 0. The zero-order chi connectivity index (χ0) is 10.4. The Hall–Kier alpha value is -1.40. The number of aliphatic hydroxyl groups excluding tert-OH is 1. The molecule has 0 aliphatic carbocycles. The SMILES string of the molecule is NC(=O)CNCc1cnn(CCO)c1. The number of nitrogens with zero attached hydrogens (tertiary/aromatic N) is 2. The molecule has 6 heteroatoms. The molecule has 1 amide bonds. The number of aliphatic hydroxyl groups is 1. The molecular weight excluding hydrogens is 184 g/mol. The molecule has 0 aliphatic rings. The third-order valence-corrected chi connectivity index (χ3v) is 1.64. The van der Waals surface area contributed by atoms with E-state index in [4.69, 9.17) is 10.8 Å². The van der Waals surface area contributed by atoms with Crippen LogP contribution in [0.25, 0.3) is 0 Å². The molecule has 0 bridgehead atoms. The van der Waals surface area contributed by atoms with Crippen LogP contribution in [-0.4, -0.2) is 33.9 Å². The number of primary amides is 1. The first-order valence-electron chi connectivity index (χ1n) is 4.33. The van der Waals surface area contributed by atoms with Gasteiger partial charge in [-0.25, -0.2) is 0 Å². The van der Waals surface area contributed by atoms with Gasteiger partial charge in [-0.3, -0.25) is 9.48 Å². The molecule has 0 saturated heterocycles. The van der Waals surface area contributed by atoms with E-state index in [0.29, 0.717) is 13.1 Å². The van der Waals surface area contributed by atoms with Crippen LogP contribution in [0, 0.1) is 0 Å². The summed E-state index contributed by atoms with van der Waals surface area (Å²) < 4.78 is 1.64. The van der Waals surface area contributed by atoms with Gasteiger partial charge in [0, 0.05) is 18.3 Å². The normalized spacial score (nSPS) is 10.4. The molecule has 1 heterocycles. The van der Waals surface area contributed by atoms with Gasteiger partial charge in [-0.15, -0.1) is 0 Å². The number of nitrogens with two attached hydrogens (primary N) is 1. The Labute approximate surface area is 81.7 Å². The minimum atomic E-state index is -0.382. The number of carbonyl (C=O) groups excluding carboxylic acids is 1. The quantitative estimate of drug-likeness (QED) is 0.516. The summed E-state index contributed by atoms with van der Waals surface area (Å²) in [7, 11) is 0. The zero-order valence-electron chi connectivity index (χ0n) is 7.81. The maximum Gasteiger partial charge on any atom is 0.231 e. The summed E-state index contributed by atoms with van der Waals surface area (Å²) in [5.41, 5.74) is 5.91. The van der Waals surface area contributed by atoms with Crippen molar-refractivity contribution in [2.75, 3.05) is 13.2 Å². The van der Waals surface area contributed by atoms with Gasteiger partial charge in [0.1, 0.15) is 0 Å². The van der Waals surface area contributed by atoms with Crippen LogP contribution < -0.4 is 11.1 Å². The first-order chi connectivity index (χ1) is 6.72. The fourth-order valence-electron chi connectivity index (χ4n) is 1.05. The van der Waals surface area contributed by atoms with Crippen LogP contribution >= 0.6 is 0 Å². The van der Waals surface area contributed by atoms with Gasteiger partial charge in [0.15, 0.2) is 0 Å². The monoisotopic (exact) mass is 198 g/mol. The van der Waals surface area contributed by atoms with Gasteiger partial charge in [0.2, 0.25) is 5.91 Å². The Kier molecular flexibility index (Phi) is 4.09. The molecule has 14 heavy (non-hydrogen) atoms. The van der Waals surface area contributed by atoms with Crippen LogP contribution in [0.3, 0.4) is 0 Å². The van der Waals surface area contributed by atoms with E-state index in [9.17, 15) is 4.79 Å². The van der Waals surface area contributed by atoms with Crippen LogP contribution in [0.5, 0.6) is 0 Å². The van der Waals surface area contributed by atoms with Crippen molar-refractivity contribution in [3.63, 3.8) is 0 Å². The van der Waals surface area contributed by atoms with Crippen molar-refractivity contribution in [1.29, 1.82) is 0 Å². The summed E-state index contributed by atoms with van der Waals surface area (Å²) in [5.74, 6) is -0.382. The van der Waals surface area contributed by atoms with E-state index < -0.39 is 0 Å². The van der Waals surface area contributed by atoms with Crippen molar-refractivity contribution in [2.45, 2.75) is 13.1 Å². The van der Waals surface area contributed by atoms with E-state index >= 15 is 0 Å². The Balaban J connectivity index is 2.32. The molecule has 1 aromatic rings. The van der Waals surface area contributed by atoms with Gasteiger partial charge < -0.3 is 16.2 Å². The lowest BCUT2D eigenvalue weighted by molar-refractivity contribution is -0.117. The third-order valence-electron chi connectivity index (χ3n) is 1.64. The van der Waals surface area contributed by atoms with Crippen molar-refractivity contribution in [2.24, 2.45) is 5.73 Å². The largest absolute Gasteiger partial charge is 0.394 e. The Bertz CT molecular complexity index is 297. The lowest BCUT2D eigenvalue weighted by Gasteiger charge is -1.98. The second-order valence-corrected chi connectivity index (χ2v) is 2.91. The van der Waals surface area contributed by atoms with Crippen molar-refractivity contribution in [1.82, 2.24) is 15.1 Å². The minimum absolute atomic E-state index is 0.0653. The highest BCUT2D eigenvalue weighted by atomic mass is 16.3. The predicted octanol–water partition coefficient (Wildman–Crippen LogP) is -1.55. The van der Waals surface area contributed by atoms with Gasteiger partial charge in [-0.2, -0.15) is 5.10 Å². The predicted molar refractivity (Wildman–Crippen MR) is 50.2 cm³/mol. The van der Waals surface area contributed by atoms with Crippen LogP contribution in [0.1, 0.15) is 5.56 Å². The molecule has 4 N–H and O–H groups in total. The van der Waals surface area contributed by atoms with Crippen molar-refractivity contribution in [3.8, 4) is 0 Å². The summed E-state index contributed by atoms with van der Waals surface area (Å²) in [6.07, 6.45) is 3.49. The summed E-state index contributed by atoms with van der Waals surface area (Å²) in [6.45, 7) is 1.26. The second-order valence-electron chi connectivity index (χ2n) is 2.91. The van der Waals surface area contributed by atoms with Crippen molar-refractivity contribution < 1.29 is 9.90 Å². The van der Waals surface area contributed by atoms with Crippen molar-refractivity contribution >= 4 is 5.91 Å². The zero-order valence-corrected chi connectivity index (χ0v) is 7.81. The number of aromatic nitrogens is 2. The van der Waals surface area contributed by atoms with Gasteiger partial charge in [0.05, 0.1) is 25.9 Å². The smallest absolute Gasteiger partial charge is 0.231 e. The number of hydrogen-bond donors (Lipinski definition) is 3. The lowest BCUT2D eigenvalue weighted by Crippen LogP contribution is -2.27. The van der Waals surface area contributed by atoms with Crippen LogP contribution in [-0.2, 0) is 17.9 Å².